The van der Waals surface area contributed by atoms with Gasteiger partial charge in [0.1, 0.15) is 12.2 Å². The van der Waals surface area contributed by atoms with Crippen LogP contribution in [0.25, 0.3) is 11.2 Å². The molecule has 1 aliphatic carbocycles. The smallest absolute Gasteiger partial charge is 0.320 e. The molecule has 160 valence electrons. The van der Waals surface area contributed by atoms with Crippen molar-refractivity contribution in [3.05, 3.63) is 82.6 Å². The van der Waals surface area contributed by atoms with Gasteiger partial charge in [-0.15, -0.1) is 10.2 Å². The molecule has 1 fully saturated rings. The summed E-state index contributed by atoms with van der Waals surface area (Å²) in [6, 6.07) is 9.66. The van der Waals surface area contributed by atoms with E-state index in [4.69, 9.17) is 0 Å². The van der Waals surface area contributed by atoms with Gasteiger partial charge in [0.25, 0.3) is 0 Å². The second-order valence-electron chi connectivity index (χ2n) is 8.06. The molecule has 0 radical (unpaired) electrons. The Labute approximate surface area is 175 Å². The second-order valence-corrected chi connectivity index (χ2v) is 8.06. The van der Waals surface area contributed by atoms with Crippen molar-refractivity contribution in [3.8, 4) is 5.69 Å². The number of rotatable bonds is 3. The van der Waals surface area contributed by atoms with Crippen LogP contribution in [0.1, 0.15) is 42.6 Å². The summed E-state index contributed by atoms with van der Waals surface area (Å²) in [5.74, 6) is 0.857. The van der Waals surface area contributed by atoms with Crippen molar-refractivity contribution in [2.24, 2.45) is 7.05 Å². The van der Waals surface area contributed by atoms with E-state index in [1.54, 1.807) is 12.4 Å². The fourth-order valence-electron chi connectivity index (χ4n) is 4.83. The summed E-state index contributed by atoms with van der Waals surface area (Å²) >= 11 is 0. The number of nitrogens with zero attached hydrogens (tertiary/aromatic N) is 5. The summed E-state index contributed by atoms with van der Waals surface area (Å²) in [5.41, 5.74) is -0.383. The molecule has 31 heavy (non-hydrogen) atoms. The molecular weight excluding hydrogens is 407 g/mol. The minimum absolute atomic E-state index is 0.172. The Morgan fingerprint density at radius 3 is 2.55 bits per heavy atom. The lowest BCUT2D eigenvalue weighted by molar-refractivity contribution is -0.136. The molecule has 9 heteroatoms. The lowest BCUT2D eigenvalue weighted by atomic mass is 9.78. The molecular formula is C22H20F3N5O. The van der Waals surface area contributed by atoms with E-state index >= 15 is 0 Å². The van der Waals surface area contributed by atoms with Crippen molar-refractivity contribution in [2.45, 2.75) is 37.3 Å². The first-order chi connectivity index (χ1) is 14.8. The number of halogens is 3. The summed E-state index contributed by atoms with van der Waals surface area (Å²) in [6.07, 6.45) is 3.61. The van der Waals surface area contributed by atoms with Crippen LogP contribution >= 0.6 is 0 Å². The fourth-order valence-corrected chi connectivity index (χ4v) is 4.83. The van der Waals surface area contributed by atoms with Crippen LogP contribution < -0.4 is 5.69 Å². The number of pyridine rings is 1. The van der Waals surface area contributed by atoms with Gasteiger partial charge in [0.2, 0.25) is 0 Å². The van der Waals surface area contributed by atoms with Gasteiger partial charge < -0.3 is 4.57 Å². The summed E-state index contributed by atoms with van der Waals surface area (Å²) < 4.78 is 44.5. The standard InChI is InChI=1S/C22H20F3N5O/c1-28-14-26-27-19(28)21(9-2-3-10-21)15-6-4-7-16(12-15)30-13-18-17(22(23,24)25)8-5-11-29(18)20(30)31/h4-8,11-14H,2-3,9-10H2,1H3. The molecule has 0 spiro atoms. The van der Waals surface area contributed by atoms with Crippen molar-refractivity contribution in [2.75, 3.05) is 0 Å². The van der Waals surface area contributed by atoms with Gasteiger partial charge in [-0.2, -0.15) is 13.2 Å². The van der Waals surface area contributed by atoms with E-state index in [0.29, 0.717) is 5.69 Å². The third-order valence-corrected chi connectivity index (χ3v) is 6.28. The second kappa shape index (κ2) is 6.83. The predicted molar refractivity (Wildman–Crippen MR) is 108 cm³/mol. The minimum Gasteiger partial charge on any atom is -0.320 e. The number of benzene rings is 1. The highest BCUT2D eigenvalue weighted by Crippen LogP contribution is 2.45. The van der Waals surface area contributed by atoms with Crippen LogP contribution in [0.5, 0.6) is 0 Å². The maximum atomic E-state index is 13.4. The summed E-state index contributed by atoms with van der Waals surface area (Å²) in [5, 5.41) is 8.40. The van der Waals surface area contributed by atoms with E-state index in [9.17, 15) is 18.0 Å². The Morgan fingerprint density at radius 1 is 1.10 bits per heavy atom. The monoisotopic (exact) mass is 427 g/mol. The van der Waals surface area contributed by atoms with Crippen LogP contribution in [0.15, 0.2) is 59.9 Å². The number of aromatic nitrogens is 5. The number of hydrogen-bond donors (Lipinski definition) is 0. The molecule has 0 aliphatic heterocycles. The number of imidazole rings is 1. The summed E-state index contributed by atoms with van der Waals surface area (Å²) in [4.78, 5) is 12.9. The van der Waals surface area contributed by atoms with Gasteiger partial charge in [-0.25, -0.2) is 4.79 Å². The molecule has 1 saturated carbocycles. The molecule has 0 atom stereocenters. The topological polar surface area (TPSA) is 57.1 Å². The Morgan fingerprint density at radius 2 is 1.87 bits per heavy atom. The largest absolute Gasteiger partial charge is 0.418 e. The molecule has 1 aliphatic rings. The van der Waals surface area contributed by atoms with Crippen LogP contribution in [0.2, 0.25) is 0 Å². The van der Waals surface area contributed by atoms with E-state index in [1.807, 2.05) is 29.8 Å². The zero-order chi connectivity index (χ0) is 21.8. The number of aryl methyl sites for hydroxylation is 1. The van der Waals surface area contributed by atoms with Crippen molar-refractivity contribution < 1.29 is 13.2 Å². The Kier molecular flexibility index (Phi) is 4.32. The minimum atomic E-state index is -4.55. The highest BCUT2D eigenvalue weighted by atomic mass is 19.4. The van der Waals surface area contributed by atoms with Gasteiger partial charge in [0, 0.05) is 19.4 Å². The quantitative estimate of drug-likeness (QED) is 0.495. The maximum absolute atomic E-state index is 13.4. The highest BCUT2D eigenvalue weighted by Gasteiger charge is 2.41. The van der Waals surface area contributed by atoms with Gasteiger partial charge in [-0.3, -0.25) is 8.97 Å². The highest BCUT2D eigenvalue weighted by molar-refractivity contribution is 5.57. The lowest BCUT2D eigenvalue weighted by Crippen LogP contribution is -2.28. The first-order valence-corrected chi connectivity index (χ1v) is 10.1. The van der Waals surface area contributed by atoms with E-state index in [0.717, 1.165) is 47.5 Å². The van der Waals surface area contributed by atoms with Crippen molar-refractivity contribution in [1.29, 1.82) is 0 Å². The Bertz CT molecular complexity index is 1320. The zero-order valence-electron chi connectivity index (χ0n) is 16.8. The first-order valence-electron chi connectivity index (χ1n) is 10.1. The first kappa shape index (κ1) is 19.6. The molecule has 0 unspecified atom stereocenters. The van der Waals surface area contributed by atoms with E-state index < -0.39 is 17.4 Å². The third kappa shape index (κ3) is 2.98. The van der Waals surface area contributed by atoms with E-state index in [2.05, 4.69) is 10.2 Å². The van der Waals surface area contributed by atoms with Crippen LogP contribution in [-0.4, -0.2) is 23.7 Å². The fraction of sp³-hybridized carbons (Fsp3) is 0.318. The van der Waals surface area contributed by atoms with Gasteiger partial charge in [-0.1, -0.05) is 25.0 Å². The average molecular weight is 427 g/mol. The van der Waals surface area contributed by atoms with Crippen molar-refractivity contribution in [1.82, 2.24) is 23.7 Å². The number of hydrogen-bond acceptors (Lipinski definition) is 3. The van der Waals surface area contributed by atoms with Crippen LogP contribution in [0.3, 0.4) is 0 Å². The van der Waals surface area contributed by atoms with Crippen molar-refractivity contribution in [3.63, 3.8) is 0 Å². The van der Waals surface area contributed by atoms with E-state index in [-0.39, 0.29) is 10.9 Å². The molecule has 0 saturated heterocycles. The van der Waals surface area contributed by atoms with Gasteiger partial charge in [-0.05, 0) is 42.7 Å². The van der Waals surface area contributed by atoms with Gasteiger partial charge >= 0.3 is 11.9 Å². The van der Waals surface area contributed by atoms with Crippen LogP contribution in [-0.2, 0) is 18.6 Å². The average Bonchev–Trinajstić information content (AvgIpc) is 3.47. The summed E-state index contributed by atoms with van der Waals surface area (Å²) in [6.45, 7) is 0. The maximum Gasteiger partial charge on any atom is 0.418 e. The molecule has 3 aromatic heterocycles. The molecule has 5 rings (SSSR count). The zero-order valence-corrected chi connectivity index (χ0v) is 16.8. The Hall–Kier alpha value is -3.36. The number of alkyl halides is 3. The molecule has 4 aromatic rings. The molecule has 1 aromatic carbocycles. The summed E-state index contributed by atoms with van der Waals surface area (Å²) in [7, 11) is 1.91. The van der Waals surface area contributed by atoms with Gasteiger partial charge in [0.15, 0.2) is 0 Å². The van der Waals surface area contributed by atoms with Crippen LogP contribution in [0, 0.1) is 0 Å². The molecule has 3 heterocycles. The molecule has 0 N–H and O–H groups in total. The molecule has 0 bridgehead atoms. The SMILES string of the molecule is Cn1cnnc1C1(c2cccc(-n3cc4c(C(F)(F)F)cccn4c3=O)c2)CCCC1. The molecule has 0 amide bonds. The van der Waals surface area contributed by atoms with E-state index in [1.165, 1.54) is 23.0 Å². The Balaban J connectivity index is 1.68. The molecule has 6 nitrogen and oxygen atoms in total. The van der Waals surface area contributed by atoms with Gasteiger partial charge in [0.05, 0.1) is 22.2 Å². The third-order valence-electron chi connectivity index (χ3n) is 6.28. The number of fused-ring (bicyclic) bond motifs is 1. The van der Waals surface area contributed by atoms with Crippen molar-refractivity contribution >= 4 is 5.52 Å². The predicted octanol–water partition coefficient (Wildman–Crippen LogP) is 4.10. The normalized spacial score (nSPS) is 16.3. The lowest BCUT2D eigenvalue weighted by Gasteiger charge is -2.28. The van der Waals surface area contributed by atoms with Crippen LogP contribution in [0.4, 0.5) is 13.2 Å².